The van der Waals surface area contributed by atoms with Crippen molar-refractivity contribution in [1.29, 1.82) is 0 Å². The van der Waals surface area contributed by atoms with Gasteiger partial charge >= 0.3 is 0 Å². The molecule has 0 bridgehead atoms. The van der Waals surface area contributed by atoms with E-state index in [1.54, 1.807) is 6.07 Å². The molecule has 4 nitrogen and oxygen atoms in total. The summed E-state index contributed by atoms with van der Waals surface area (Å²) in [6, 6.07) is 1.67. The zero-order chi connectivity index (χ0) is 14.8. The molecule has 1 aromatic heterocycles. The predicted octanol–water partition coefficient (Wildman–Crippen LogP) is 2.83. The topological polar surface area (TPSA) is 49.4 Å². The van der Waals surface area contributed by atoms with Gasteiger partial charge in [-0.1, -0.05) is 6.92 Å². The van der Waals surface area contributed by atoms with E-state index in [9.17, 15) is 8.42 Å². The minimum Gasteiger partial charge on any atom is -0.303 e. The molecule has 0 amide bonds. The number of hydrogen-bond donors (Lipinski definition) is 1. The van der Waals surface area contributed by atoms with Crippen LogP contribution in [0, 0.1) is 12.8 Å². The summed E-state index contributed by atoms with van der Waals surface area (Å²) in [5.74, 6) is 0.324. The van der Waals surface area contributed by atoms with E-state index in [-0.39, 0.29) is 0 Å². The molecule has 1 aliphatic heterocycles. The second-order valence-corrected chi connectivity index (χ2v) is 9.81. The largest absolute Gasteiger partial charge is 0.303 e. The van der Waals surface area contributed by atoms with Crippen molar-refractivity contribution in [3.05, 3.63) is 14.7 Å². The van der Waals surface area contributed by atoms with Crippen molar-refractivity contribution in [3.8, 4) is 0 Å². The molecule has 1 aromatic rings. The first kappa shape index (κ1) is 16.4. The first-order valence-electron chi connectivity index (χ1n) is 6.86. The Morgan fingerprint density at radius 3 is 2.65 bits per heavy atom. The van der Waals surface area contributed by atoms with Crippen molar-refractivity contribution in [3.63, 3.8) is 0 Å². The Hall–Kier alpha value is 0.0500. The van der Waals surface area contributed by atoms with E-state index in [1.165, 1.54) is 24.2 Å². The van der Waals surface area contributed by atoms with Gasteiger partial charge in [-0.2, -0.15) is 0 Å². The van der Waals surface area contributed by atoms with Gasteiger partial charge in [0.15, 0.2) is 0 Å². The van der Waals surface area contributed by atoms with E-state index in [0.717, 1.165) is 28.3 Å². The monoisotopic (exact) mass is 380 g/mol. The van der Waals surface area contributed by atoms with E-state index in [0.29, 0.717) is 17.4 Å². The summed E-state index contributed by atoms with van der Waals surface area (Å²) in [7, 11) is -3.39. The molecule has 7 heteroatoms. The quantitative estimate of drug-likeness (QED) is 0.825. The zero-order valence-electron chi connectivity index (χ0n) is 11.9. The van der Waals surface area contributed by atoms with Gasteiger partial charge in [0.25, 0.3) is 0 Å². The number of nitrogens with zero attached hydrogens (tertiary/aromatic N) is 1. The number of rotatable bonds is 6. The fourth-order valence-electron chi connectivity index (χ4n) is 2.50. The van der Waals surface area contributed by atoms with Crippen molar-refractivity contribution >= 4 is 37.3 Å². The first-order chi connectivity index (χ1) is 9.38. The molecule has 2 heterocycles. The molecule has 0 radical (unpaired) electrons. The van der Waals surface area contributed by atoms with Crippen LogP contribution in [0.15, 0.2) is 14.7 Å². The van der Waals surface area contributed by atoms with E-state index in [4.69, 9.17) is 0 Å². The maximum Gasteiger partial charge on any atom is 0.241 e. The molecule has 114 valence electrons. The second kappa shape index (κ2) is 6.87. The summed E-state index contributed by atoms with van der Waals surface area (Å²) in [4.78, 5) is 3.62. The highest BCUT2D eigenvalue weighted by Gasteiger charge is 2.21. The third kappa shape index (κ3) is 4.27. The smallest absolute Gasteiger partial charge is 0.241 e. The number of sulfonamides is 1. The Morgan fingerprint density at radius 2 is 2.10 bits per heavy atom. The maximum atomic E-state index is 12.3. The van der Waals surface area contributed by atoms with Crippen molar-refractivity contribution < 1.29 is 8.42 Å². The van der Waals surface area contributed by atoms with Crippen LogP contribution in [0.25, 0.3) is 0 Å². The lowest BCUT2D eigenvalue weighted by atomic mass is 10.2. The molecule has 0 spiro atoms. The van der Waals surface area contributed by atoms with Gasteiger partial charge in [-0.3, -0.25) is 0 Å². The van der Waals surface area contributed by atoms with Crippen molar-refractivity contribution in [1.82, 2.24) is 9.62 Å². The van der Waals surface area contributed by atoms with Gasteiger partial charge in [0.1, 0.15) is 0 Å². The molecule has 0 aromatic carbocycles. The molecule has 20 heavy (non-hydrogen) atoms. The number of thiophene rings is 1. The fraction of sp³-hybridized carbons (Fsp3) is 0.692. The Morgan fingerprint density at radius 1 is 1.45 bits per heavy atom. The average Bonchev–Trinajstić information content (AvgIpc) is 2.97. The Labute approximate surface area is 133 Å². The summed E-state index contributed by atoms with van der Waals surface area (Å²) >= 11 is 4.78. The molecular formula is C13H21BrN2O2S2. The second-order valence-electron chi connectivity index (χ2n) is 5.44. The molecule has 1 saturated heterocycles. The van der Waals surface area contributed by atoms with Crippen LogP contribution < -0.4 is 4.72 Å². The highest BCUT2D eigenvalue weighted by molar-refractivity contribution is 9.11. The van der Waals surface area contributed by atoms with Crippen molar-refractivity contribution in [2.45, 2.75) is 31.6 Å². The highest BCUT2D eigenvalue weighted by atomic mass is 79.9. The molecule has 2 rings (SSSR count). The molecule has 0 aliphatic carbocycles. The molecule has 1 N–H and O–H groups in total. The number of hydrogen-bond acceptors (Lipinski definition) is 4. The fourth-order valence-corrected chi connectivity index (χ4v) is 6.07. The molecule has 1 fully saturated rings. The van der Waals surface area contributed by atoms with Crippen molar-refractivity contribution in [2.75, 3.05) is 26.2 Å². The molecule has 1 aliphatic rings. The Bertz CT molecular complexity index is 551. The van der Waals surface area contributed by atoms with Gasteiger partial charge in [-0.05, 0) is 60.8 Å². The maximum absolute atomic E-state index is 12.3. The summed E-state index contributed by atoms with van der Waals surface area (Å²) in [6.45, 7) is 7.68. The van der Waals surface area contributed by atoms with Gasteiger partial charge in [0.2, 0.25) is 10.0 Å². The number of aryl methyl sites for hydroxylation is 1. The summed E-state index contributed by atoms with van der Waals surface area (Å²) in [5.41, 5.74) is 0. The SMILES string of the molecule is Cc1sc(Br)cc1S(=O)(=O)NCC(C)CN1CCCC1. The van der Waals surface area contributed by atoms with Crippen molar-refractivity contribution in [2.24, 2.45) is 5.92 Å². The third-order valence-corrected chi connectivity index (χ3v) is 6.75. The van der Waals surface area contributed by atoms with Crippen LogP contribution >= 0.6 is 27.3 Å². The van der Waals surface area contributed by atoms with Crippen LogP contribution in [0.3, 0.4) is 0 Å². The van der Waals surface area contributed by atoms with E-state index < -0.39 is 10.0 Å². The Balaban J connectivity index is 1.90. The van der Waals surface area contributed by atoms with Crippen LogP contribution in [0.4, 0.5) is 0 Å². The standard InChI is InChI=1S/C13H21BrN2O2S2/c1-10(9-16-5-3-4-6-16)8-15-20(17,18)12-7-13(14)19-11(12)2/h7,10,15H,3-6,8-9H2,1-2H3. The number of likely N-dealkylation sites (tertiary alicyclic amines) is 1. The highest BCUT2D eigenvalue weighted by Crippen LogP contribution is 2.29. The molecule has 1 atom stereocenters. The van der Waals surface area contributed by atoms with E-state index in [1.807, 2.05) is 6.92 Å². The summed E-state index contributed by atoms with van der Waals surface area (Å²) in [5, 5.41) is 0. The molecule has 1 unspecified atom stereocenters. The number of nitrogens with one attached hydrogen (secondary N) is 1. The minimum absolute atomic E-state index is 0.324. The van der Waals surface area contributed by atoms with Gasteiger partial charge in [0.05, 0.1) is 8.68 Å². The normalized spacial score (nSPS) is 18.6. The molecular weight excluding hydrogens is 360 g/mol. The van der Waals surface area contributed by atoms with Gasteiger partial charge in [-0.25, -0.2) is 13.1 Å². The van der Waals surface area contributed by atoms with E-state index >= 15 is 0 Å². The van der Waals surface area contributed by atoms with Gasteiger partial charge < -0.3 is 4.90 Å². The summed E-state index contributed by atoms with van der Waals surface area (Å²) in [6.07, 6.45) is 2.53. The van der Waals surface area contributed by atoms with E-state index in [2.05, 4.69) is 32.5 Å². The minimum atomic E-state index is -3.39. The lowest BCUT2D eigenvalue weighted by molar-refractivity contribution is 0.288. The van der Waals surface area contributed by atoms with Crippen LogP contribution in [0.2, 0.25) is 0 Å². The predicted molar refractivity (Wildman–Crippen MR) is 86.8 cm³/mol. The average molecular weight is 381 g/mol. The third-order valence-electron chi connectivity index (χ3n) is 3.52. The van der Waals surface area contributed by atoms with Crippen LogP contribution in [0.1, 0.15) is 24.6 Å². The zero-order valence-corrected chi connectivity index (χ0v) is 15.1. The lowest BCUT2D eigenvalue weighted by Crippen LogP contribution is -2.34. The number of halogens is 1. The van der Waals surface area contributed by atoms with Crippen LogP contribution in [-0.4, -0.2) is 39.5 Å². The molecule has 0 saturated carbocycles. The first-order valence-corrected chi connectivity index (χ1v) is 9.95. The lowest BCUT2D eigenvalue weighted by Gasteiger charge is -2.20. The van der Waals surface area contributed by atoms with Crippen LogP contribution in [0.5, 0.6) is 0 Å². The van der Waals surface area contributed by atoms with Gasteiger partial charge in [-0.15, -0.1) is 11.3 Å². The van der Waals surface area contributed by atoms with Crippen LogP contribution in [-0.2, 0) is 10.0 Å². The summed E-state index contributed by atoms with van der Waals surface area (Å²) < 4.78 is 28.1. The van der Waals surface area contributed by atoms with Gasteiger partial charge in [0, 0.05) is 18.0 Å². The Kier molecular flexibility index (Phi) is 5.64.